The molecule has 0 bridgehead atoms. The second-order valence-electron chi connectivity index (χ2n) is 3.95. The van der Waals surface area contributed by atoms with Gasteiger partial charge in [-0.1, -0.05) is 17.3 Å². The van der Waals surface area contributed by atoms with Crippen LogP contribution in [0.2, 0.25) is 0 Å². The quantitative estimate of drug-likeness (QED) is 0.745. The van der Waals surface area contributed by atoms with Crippen LogP contribution in [0, 0.1) is 0 Å². The summed E-state index contributed by atoms with van der Waals surface area (Å²) in [5.74, 6) is 0.656. The number of benzene rings is 1. The molecule has 0 aliphatic rings. The summed E-state index contributed by atoms with van der Waals surface area (Å²) >= 11 is 1.70. The van der Waals surface area contributed by atoms with Gasteiger partial charge in [0.2, 0.25) is 0 Å². The minimum atomic E-state index is 0.167. The van der Waals surface area contributed by atoms with E-state index in [2.05, 4.69) is 43.9 Å². The molecule has 92 valence electrons. The number of para-hydroxylation sites is 1. The summed E-state index contributed by atoms with van der Waals surface area (Å²) < 4.78 is 1.21. The predicted octanol–water partition coefficient (Wildman–Crippen LogP) is 1.66. The van der Waals surface area contributed by atoms with Gasteiger partial charge in [-0.3, -0.25) is 0 Å². The number of H-pyrrole nitrogens is 1. The van der Waals surface area contributed by atoms with E-state index in [0.29, 0.717) is 12.4 Å². The van der Waals surface area contributed by atoms with Crippen molar-refractivity contribution in [1.82, 2.24) is 30.9 Å². The molecule has 0 saturated carbocycles. The van der Waals surface area contributed by atoms with Crippen molar-refractivity contribution in [1.29, 1.82) is 0 Å². The number of hydrogen-bond donors (Lipinski definition) is 2. The van der Waals surface area contributed by atoms with Crippen molar-refractivity contribution in [2.75, 3.05) is 0 Å². The Morgan fingerprint density at radius 1 is 1.39 bits per heavy atom. The molecule has 0 fully saturated rings. The average molecular weight is 260 g/mol. The molecule has 6 nitrogen and oxygen atoms in total. The van der Waals surface area contributed by atoms with Crippen LogP contribution in [0.3, 0.4) is 0 Å². The fraction of sp³-hybridized carbons (Fsp3) is 0.273. The summed E-state index contributed by atoms with van der Waals surface area (Å²) in [4.78, 5) is 4.60. The fourth-order valence-electron chi connectivity index (χ4n) is 1.66. The molecule has 2 heterocycles. The first kappa shape index (κ1) is 11.2. The SMILES string of the molecule is CC(NCc1nn[nH]n1)c1nc2ccccc2s1. The van der Waals surface area contributed by atoms with Gasteiger partial charge in [-0.15, -0.1) is 21.5 Å². The molecular formula is C11H12N6S. The van der Waals surface area contributed by atoms with Gasteiger partial charge in [0.1, 0.15) is 5.01 Å². The van der Waals surface area contributed by atoms with E-state index < -0.39 is 0 Å². The number of aromatic amines is 1. The molecule has 2 aromatic heterocycles. The van der Waals surface area contributed by atoms with Crippen LogP contribution in [0.5, 0.6) is 0 Å². The molecule has 0 radical (unpaired) electrons. The molecular weight excluding hydrogens is 248 g/mol. The first-order valence-corrected chi connectivity index (χ1v) is 6.46. The number of fused-ring (bicyclic) bond motifs is 1. The zero-order chi connectivity index (χ0) is 12.4. The molecule has 0 amide bonds. The summed E-state index contributed by atoms with van der Waals surface area (Å²) in [5.41, 5.74) is 1.05. The van der Waals surface area contributed by atoms with Crippen LogP contribution >= 0.6 is 11.3 Å². The largest absolute Gasteiger partial charge is 0.301 e. The second kappa shape index (κ2) is 4.79. The van der Waals surface area contributed by atoms with Gasteiger partial charge in [-0.05, 0) is 19.1 Å². The van der Waals surface area contributed by atoms with Crippen LogP contribution < -0.4 is 5.32 Å². The van der Waals surface area contributed by atoms with E-state index in [1.165, 1.54) is 4.70 Å². The number of hydrogen-bond acceptors (Lipinski definition) is 6. The van der Waals surface area contributed by atoms with E-state index in [1.807, 2.05) is 18.2 Å². The van der Waals surface area contributed by atoms with Gasteiger partial charge in [0.15, 0.2) is 5.82 Å². The lowest BCUT2D eigenvalue weighted by Gasteiger charge is -2.08. The molecule has 0 spiro atoms. The molecule has 1 unspecified atom stereocenters. The summed E-state index contributed by atoms with van der Waals surface area (Å²) in [6.07, 6.45) is 0. The Morgan fingerprint density at radius 2 is 2.28 bits per heavy atom. The summed E-state index contributed by atoms with van der Waals surface area (Å²) in [7, 11) is 0. The van der Waals surface area contributed by atoms with Crippen molar-refractivity contribution >= 4 is 21.6 Å². The third kappa shape index (κ3) is 2.22. The molecule has 1 atom stereocenters. The van der Waals surface area contributed by atoms with Gasteiger partial charge in [0.05, 0.1) is 22.8 Å². The number of tetrazole rings is 1. The second-order valence-corrected chi connectivity index (χ2v) is 5.01. The standard InChI is InChI=1S/C11H12N6S/c1-7(12-6-10-14-16-17-15-10)11-13-8-4-2-3-5-9(8)18-11/h2-5,7,12H,6H2,1H3,(H,14,15,16,17). The van der Waals surface area contributed by atoms with Crippen LogP contribution in [0.25, 0.3) is 10.2 Å². The van der Waals surface area contributed by atoms with Gasteiger partial charge in [-0.2, -0.15) is 5.21 Å². The Labute approximate surface area is 107 Å². The monoisotopic (exact) mass is 260 g/mol. The van der Waals surface area contributed by atoms with Crippen molar-refractivity contribution in [2.24, 2.45) is 0 Å². The van der Waals surface area contributed by atoms with Crippen molar-refractivity contribution in [3.05, 3.63) is 35.1 Å². The molecule has 2 N–H and O–H groups in total. The number of nitrogens with one attached hydrogen (secondary N) is 2. The van der Waals surface area contributed by atoms with Gasteiger partial charge in [0.25, 0.3) is 0 Å². The zero-order valence-electron chi connectivity index (χ0n) is 9.79. The van der Waals surface area contributed by atoms with E-state index in [1.54, 1.807) is 11.3 Å². The predicted molar refractivity (Wildman–Crippen MR) is 69.1 cm³/mol. The molecule has 3 rings (SSSR count). The lowest BCUT2D eigenvalue weighted by atomic mass is 10.3. The number of nitrogens with zero attached hydrogens (tertiary/aromatic N) is 4. The van der Waals surface area contributed by atoms with E-state index in [4.69, 9.17) is 0 Å². The highest BCUT2D eigenvalue weighted by atomic mass is 32.1. The van der Waals surface area contributed by atoms with Crippen LogP contribution in [0.15, 0.2) is 24.3 Å². The zero-order valence-corrected chi connectivity index (χ0v) is 10.6. The molecule has 0 saturated heterocycles. The van der Waals surface area contributed by atoms with Crippen LogP contribution in [0.4, 0.5) is 0 Å². The first-order chi connectivity index (χ1) is 8.83. The lowest BCUT2D eigenvalue weighted by Crippen LogP contribution is -2.18. The van der Waals surface area contributed by atoms with Gasteiger partial charge >= 0.3 is 0 Å². The minimum Gasteiger partial charge on any atom is -0.301 e. The molecule has 0 aliphatic heterocycles. The topological polar surface area (TPSA) is 79.4 Å². The molecule has 3 aromatic rings. The molecule has 7 heteroatoms. The van der Waals surface area contributed by atoms with Crippen LogP contribution in [-0.4, -0.2) is 25.6 Å². The number of thiazole rings is 1. The minimum absolute atomic E-state index is 0.167. The summed E-state index contributed by atoms with van der Waals surface area (Å²) in [5, 5.41) is 18.1. The Bertz CT molecular complexity index is 599. The number of aromatic nitrogens is 5. The van der Waals surface area contributed by atoms with Gasteiger partial charge < -0.3 is 5.32 Å². The maximum absolute atomic E-state index is 4.60. The highest BCUT2D eigenvalue weighted by Gasteiger charge is 2.11. The Kier molecular flexibility index (Phi) is 2.99. The Balaban J connectivity index is 1.73. The fourth-order valence-corrected chi connectivity index (χ4v) is 2.66. The molecule has 1 aromatic carbocycles. The van der Waals surface area contributed by atoms with Crippen LogP contribution in [-0.2, 0) is 6.54 Å². The third-order valence-electron chi connectivity index (χ3n) is 2.64. The highest BCUT2D eigenvalue weighted by molar-refractivity contribution is 7.18. The number of rotatable bonds is 4. The first-order valence-electron chi connectivity index (χ1n) is 5.64. The van der Waals surface area contributed by atoms with E-state index in [-0.39, 0.29) is 6.04 Å². The third-order valence-corrected chi connectivity index (χ3v) is 3.86. The average Bonchev–Trinajstić information content (AvgIpc) is 3.04. The maximum atomic E-state index is 4.60. The Morgan fingerprint density at radius 3 is 3.06 bits per heavy atom. The van der Waals surface area contributed by atoms with Crippen molar-refractivity contribution < 1.29 is 0 Å². The summed E-state index contributed by atoms with van der Waals surface area (Å²) in [6, 6.07) is 8.31. The molecule has 0 aliphatic carbocycles. The van der Waals surface area contributed by atoms with Gasteiger partial charge in [0, 0.05) is 0 Å². The molecule has 18 heavy (non-hydrogen) atoms. The van der Waals surface area contributed by atoms with Crippen molar-refractivity contribution in [3.63, 3.8) is 0 Å². The smallest absolute Gasteiger partial charge is 0.188 e. The highest BCUT2D eigenvalue weighted by Crippen LogP contribution is 2.25. The normalized spacial score (nSPS) is 12.9. The van der Waals surface area contributed by atoms with Crippen LogP contribution in [0.1, 0.15) is 23.8 Å². The maximum Gasteiger partial charge on any atom is 0.188 e. The Hall–Kier alpha value is -1.86. The van der Waals surface area contributed by atoms with E-state index in [9.17, 15) is 0 Å². The van der Waals surface area contributed by atoms with Crippen molar-refractivity contribution in [2.45, 2.75) is 19.5 Å². The van der Waals surface area contributed by atoms with E-state index in [0.717, 1.165) is 10.5 Å². The van der Waals surface area contributed by atoms with E-state index >= 15 is 0 Å². The van der Waals surface area contributed by atoms with Gasteiger partial charge in [-0.25, -0.2) is 4.98 Å². The van der Waals surface area contributed by atoms with Crippen molar-refractivity contribution in [3.8, 4) is 0 Å². The summed E-state index contributed by atoms with van der Waals surface area (Å²) in [6.45, 7) is 2.66. The lowest BCUT2D eigenvalue weighted by molar-refractivity contribution is 0.558.